The normalized spacial score (nSPS) is 21.3. The number of carbonyl (C=O) groups is 1. The smallest absolute Gasteiger partial charge is 0.347 e. The number of rotatable bonds is 6. The van der Waals surface area contributed by atoms with Crippen LogP contribution < -0.4 is 0 Å². The molecule has 0 radical (unpaired) electrons. The molecule has 0 aliphatic heterocycles. The Morgan fingerprint density at radius 3 is 1.94 bits per heavy atom. The summed E-state index contributed by atoms with van der Waals surface area (Å²) in [5, 5.41) is 16.8. The van der Waals surface area contributed by atoms with Gasteiger partial charge in [-0.3, -0.25) is 0 Å². The van der Waals surface area contributed by atoms with Crippen LogP contribution in [0, 0.1) is 5.92 Å². The molecule has 0 amide bonds. The molecule has 0 fully saturated rings. The van der Waals surface area contributed by atoms with E-state index in [9.17, 15) is 9.90 Å². The summed E-state index contributed by atoms with van der Waals surface area (Å²) < 4.78 is 5.35. The maximum Gasteiger partial charge on any atom is 0.347 e. The highest BCUT2D eigenvalue weighted by Gasteiger charge is 2.51. The maximum absolute atomic E-state index is 12.4. The van der Waals surface area contributed by atoms with Crippen molar-refractivity contribution in [3.63, 3.8) is 0 Å². The van der Waals surface area contributed by atoms with Crippen LogP contribution in [0.1, 0.15) is 44.4 Å². The summed E-state index contributed by atoms with van der Waals surface area (Å²) in [5.41, 5.74) is 2.70. The number of hydrogen-bond donors (Lipinski definition) is 1. The first kappa shape index (κ1) is 24.4. The number of oxime groups is 1. The average molecular weight is 470 g/mol. The van der Waals surface area contributed by atoms with Gasteiger partial charge in [-0.15, -0.1) is 0 Å². The minimum Gasteiger partial charge on any atom is -0.457 e. The van der Waals surface area contributed by atoms with Crippen molar-refractivity contribution in [3.05, 3.63) is 108 Å². The Morgan fingerprint density at radius 1 is 0.886 bits per heavy atom. The second kappa shape index (κ2) is 9.88. The van der Waals surface area contributed by atoms with Gasteiger partial charge in [0, 0.05) is 17.1 Å². The first-order valence-electron chi connectivity index (χ1n) is 11.8. The first-order valence-corrected chi connectivity index (χ1v) is 11.8. The SMILES string of the molecule is C[C@@H]1/C(=N\OCC(=O)OC(C)(C)C)C(c2ccccc2)=C(c2ccccc2)[C@@]1(O)c1ccccc1. The van der Waals surface area contributed by atoms with Crippen molar-refractivity contribution in [1.29, 1.82) is 0 Å². The topological polar surface area (TPSA) is 68.1 Å². The molecule has 180 valence electrons. The van der Waals surface area contributed by atoms with Gasteiger partial charge in [-0.25, -0.2) is 4.79 Å². The van der Waals surface area contributed by atoms with Crippen LogP contribution in [0.3, 0.4) is 0 Å². The fourth-order valence-corrected chi connectivity index (χ4v) is 4.55. The Morgan fingerprint density at radius 2 is 1.40 bits per heavy atom. The Bertz CT molecular complexity index is 1230. The van der Waals surface area contributed by atoms with Gasteiger partial charge in [0.1, 0.15) is 11.2 Å². The van der Waals surface area contributed by atoms with E-state index in [0.29, 0.717) is 5.71 Å². The average Bonchev–Trinajstić information content (AvgIpc) is 3.07. The quantitative estimate of drug-likeness (QED) is 0.363. The Hall–Kier alpha value is -3.70. The zero-order valence-electron chi connectivity index (χ0n) is 20.6. The van der Waals surface area contributed by atoms with E-state index in [0.717, 1.165) is 27.8 Å². The van der Waals surface area contributed by atoms with Gasteiger partial charge in [0.15, 0.2) is 0 Å². The third-order valence-corrected chi connectivity index (χ3v) is 6.03. The predicted octanol–water partition coefficient (Wildman–Crippen LogP) is 5.85. The number of nitrogens with zero attached hydrogens (tertiary/aromatic N) is 1. The zero-order valence-corrected chi connectivity index (χ0v) is 20.6. The van der Waals surface area contributed by atoms with Crippen LogP contribution in [0.2, 0.25) is 0 Å². The molecule has 0 saturated heterocycles. The zero-order chi connectivity index (χ0) is 25.1. The Balaban J connectivity index is 1.88. The molecule has 3 aromatic carbocycles. The highest BCUT2D eigenvalue weighted by Crippen LogP contribution is 2.53. The second-order valence-corrected chi connectivity index (χ2v) is 9.67. The number of carbonyl (C=O) groups excluding carboxylic acids is 1. The Labute approximate surface area is 206 Å². The summed E-state index contributed by atoms with van der Waals surface area (Å²) in [4.78, 5) is 17.8. The van der Waals surface area contributed by atoms with Crippen LogP contribution in [0.15, 0.2) is 96.2 Å². The molecule has 2 atom stereocenters. The molecule has 5 nitrogen and oxygen atoms in total. The van der Waals surface area contributed by atoms with Crippen LogP contribution in [0.5, 0.6) is 0 Å². The fraction of sp³-hybridized carbons (Fsp3) is 0.267. The number of hydrogen-bond acceptors (Lipinski definition) is 5. The van der Waals surface area contributed by atoms with E-state index in [1.54, 1.807) is 20.8 Å². The van der Waals surface area contributed by atoms with E-state index in [2.05, 4.69) is 5.16 Å². The molecule has 0 saturated carbocycles. The molecule has 0 unspecified atom stereocenters. The molecule has 0 bridgehead atoms. The molecule has 1 N–H and O–H groups in total. The first-order chi connectivity index (χ1) is 16.7. The van der Waals surface area contributed by atoms with Crippen molar-refractivity contribution in [2.75, 3.05) is 6.61 Å². The third-order valence-electron chi connectivity index (χ3n) is 6.03. The number of allylic oxidation sites excluding steroid dienone is 1. The standard InChI is InChI=1S/C30H31NO4/c1-21-28(31-34-20-25(32)35-29(2,3)4)26(22-14-8-5-9-15-22)27(23-16-10-6-11-17-23)30(21,33)24-18-12-7-13-19-24/h5-19,21,33H,20H2,1-4H3/b31-28+/t21-,30+/m1/s1. The molecule has 0 spiro atoms. The summed E-state index contributed by atoms with van der Waals surface area (Å²) in [6.07, 6.45) is 0. The van der Waals surface area contributed by atoms with Gasteiger partial charge in [-0.2, -0.15) is 0 Å². The highest BCUT2D eigenvalue weighted by molar-refractivity contribution is 6.36. The van der Waals surface area contributed by atoms with Crippen LogP contribution >= 0.6 is 0 Å². The lowest BCUT2D eigenvalue weighted by Crippen LogP contribution is -2.34. The summed E-state index contributed by atoms with van der Waals surface area (Å²) in [6, 6.07) is 29.3. The summed E-state index contributed by atoms with van der Waals surface area (Å²) in [5.74, 6) is -0.951. The molecule has 35 heavy (non-hydrogen) atoms. The molecule has 3 aromatic rings. The van der Waals surface area contributed by atoms with Gasteiger partial charge in [-0.1, -0.05) is 103 Å². The minimum absolute atomic E-state index is 0.319. The minimum atomic E-state index is -1.36. The predicted molar refractivity (Wildman–Crippen MR) is 138 cm³/mol. The monoisotopic (exact) mass is 469 g/mol. The summed E-state index contributed by atoms with van der Waals surface area (Å²) in [6.45, 7) is 7.02. The van der Waals surface area contributed by atoms with Gasteiger partial charge in [0.05, 0.1) is 5.71 Å². The van der Waals surface area contributed by atoms with Crippen molar-refractivity contribution in [3.8, 4) is 0 Å². The summed E-state index contributed by atoms with van der Waals surface area (Å²) in [7, 11) is 0. The molecule has 4 rings (SSSR count). The largest absolute Gasteiger partial charge is 0.457 e. The van der Waals surface area contributed by atoms with E-state index >= 15 is 0 Å². The maximum atomic E-state index is 12.4. The van der Waals surface area contributed by atoms with Crippen LogP contribution in [0.25, 0.3) is 11.1 Å². The second-order valence-electron chi connectivity index (χ2n) is 9.67. The van der Waals surface area contributed by atoms with E-state index in [-0.39, 0.29) is 6.61 Å². The highest BCUT2D eigenvalue weighted by atomic mass is 16.7. The number of benzene rings is 3. The lowest BCUT2D eigenvalue weighted by molar-refractivity contribution is -0.160. The number of aliphatic hydroxyl groups is 1. The van der Waals surface area contributed by atoms with Crippen molar-refractivity contribution >= 4 is 22.8 Å². The molecule has 1 aliphatic rings. The van der Waals surface area contributed by atoms with Crippen molar-refractivity contribution in [1.82, 2.24) is 0 Å². The van der Waals surface area contributed by atoms with E-state index in [1.807, 2.05) is 97.9 Å². The van der Waals surface area contributed by atoms with Gasteiger partial charge < -0.3 is 14.7 Å². The van der Waals surface area contributed by atoms with Crippen molar-refractivity contribution < 1.29 is 19.5 Å². The lowest BCUT2D eigenvalue weighted by Gasteiger charge is -2.32. The number of ether oxygens (including phenoxy) is 1. The van der Waals surface area contributed by atoms with Crippen molar-refractivity contribution in [2.24, 2.45) is 11.1 Å². The third kappa shape index (κ3) is 5.05. The van der Waals surface area contributed by atoms with Gasteiger partial charge in [-0.05, 0) is 37.5 Å². The molecular formula is C30H31NO4. The van der Waals surface area contributed by atoms with Crippen LogP contribution in [0.4, 0.5) is 0 Å². The van der Waals surface area contributed by atoms with Gasteiger partial charge in [0.25, 0.3) is 0 Å². The van der Waals surface area contributed by atoms with Gasteiger partial charge >= 0.3 is 5.97 Å². The fourth-order valence-electron chi connectivity index (χ4n) is 4.55. The Kier molecular flexibility index (Phi) is 6.90. The number of esters is 1. The lowest BCUT2D eigenvalue weighted by atomic mass is 9.78. The summed E-state index contributed by atoms with van der Waals surface area (Å²) >= 11 is 0. The molecule has 0 aromatic heterocycles. The molecular weight excluding hydrogens is 438 g/mol. The van der Waals surface area contributed by atoms with E-state index in [1.165, 1.54) is 0 Å². The van der Waals surface area contributed by atoms with E-state index in [4.69, 9.17) is 9.57 Å². The van der Waals surface area contributed by atoms with Crippen molar-refractivity contribution in [2.45, 2.75) is 38.9 Å². The van der Waals surface area contributed by atoms with E-state index < -0.39 is 23.1 Å². The molecule has 5 heteroatoms. The van der Waals surface area contributed by atoms with Crippen LogP contribution in [-0.2, 0) is 20.0 Å². The van der Waals surface area contributed by atoms with Crippen LogP contribution in [-0.4, -0.2) is 29.0 Å². The molecule has 0 heterocycles. The van der Waals surface area contributed by atoms with Gasteiger partial charge in [0.2, 0.25) is 6.61 Å². The molecule has 1 aliphatic carbocycles.